The molecule has 2 fully saturated rings. The summed E-state index contributed by atoms with van der Waals surface area (Å²) in [6.07, 6.45) is 8.92. The van der Waals surface area contributed by atoms with Crippen LogP contribution < -0.4 is 5.32 Å². The van der Waals surface area contributed by atoms with Gasteiger partial charge in [-0.1, -0.05) is 26.2 Å². The monoisotopic (exact) mass is 181 g/mol. The van der Waals surface area contributed by atoms with Gasteiger partial charge in [0.05, 0.1) is 0 Å². The molecule has 1 saturated carbocycles. The SMILES string of the molecule is CCC1CCC(C2CCNC2)CC1. The summed E-state index contributed by atoms with van der Waals surface area (Å²) in [7, 11) is 0. The van der Waals surface area contributed by atoms with Crippen LogP contribution in [0.25, 0.3) is 0 Å². The Labute approximate surface area is 82.3 Å². The van der Waals surface area contributed by atoms with Crippen molar-refractivity contribution in [1.82, 2.24) is 5.32 Å². The molecular weight excluding hydrogens is 158 g/mol. The van der Waals surface area contributed by atoms with Crippen LogP contribution in [-0.2, 0) is 0 Å². The molecule has 1 nitrogen and oxygen atoms in total. The number of rotatable bonds is 2. The van der Waals surface area contributed by atoms with E-state index in [2.05, 4.69) is 12.2 Å². The third-order valence-corrected chi connectivity index (χ3v) is 4.23. The second-order valence-corrected chi connectivity index (χ2v) is 4.94. The third-order valence-electron chi connectivity index (χ3n) is 4.23. The molecule has 1 atom stereocenters. The van der Waals surface area contributed by atoms with Crippen LogP contribution in [0.15, 0.2) is 0 Å². The Morgan fingerprint density at radius 3 is 2.31 bits per heavy atom. The maximum atomic E-state index is 3.49. The Morgan fingerprint density at radius 1 is 1.00 bits per heavy atom. The number of nitrogens with one attached hydrogen (secondary N) is 1. The Balaban J connectivity index is 1.77. The lowest BCUT2D eigenvalue weighted by Crippen LogP contribution is -2.23. The molecule has 1 heteroatoms. The molecule has 0 spiro atoms. The van der Waals surface area contributed by atoms with E-state index in [1.54, 1.807) is 0 Å². The fourth-order valence-corrected chi connectivity index (χ4v) is 3.15. The van der Waals surface area contributed by atoms with E-state index in [4.69, 9.17) is 0 Å². The van der Waals surface area contributed by atoms with Crippen LogP contribution in [-0.4, -0.2) is 13.1 Å². The Kier molecular flexibility index (Phi) is 3.26. The van der Waals surface area contributed by atoms with Crippen LogP contribution in [0.1, 0.15) is 45.4 Å². The van der Waals surface area contributed by atoms with E-state index >= 15 is 0 Å². The van der Waals surface area contributed by atoms with Gasteiger partial charge in [-0.15, -0.1) is 0 Å². The van der Waals surface area contributed by atoms with Gasteiger partial charge in [-0.2, -0.15) is 0 Å². The summed E-state index contributed by atoms with van der Waals surface area (Å²) in [5.41, 5.74) is 0. The first kappa shape index (κ1) is 9.51. The van der Waals surface area contributed by atoms with E-state index in [-0.39, 0.29) is 0 Å². The molecule has 1 aliphatic heterocycles. The number of hydrogen-bond donors (Lipinski definition) is 1. The van der Waals surface area contributed by atoms with E-state index in [9.17, 15) is 0 Å². The maximum Gasteiger partial charge on any atom is -0.00174 e. The van der Waals surface area contributed by atoms with Crippen LogP contribution in [0.5, 0.6) is 0 Å². The Morgan fingerprint density at radius 2 is 1.77 bits per heavy atom. The van der Waals surface area contributed by atoms with Gasteiger partial charge in [-0.05, 0) is 50.1 Å². The summed E-state index contributed by atoms with van der Waals surface area (Å²) in [6.45, 7) is 4.93. The quantitative estimate of drug-likeness (QED) is 0.690. The summed E-state index contributed by atoms with van der Waals surface area (Å²) in [5, 5.41) is 3.49. The molecule has 1 unspecified atom stereocenters. The molecule has 0 bridgehead atoms. The highest BCUT2D eigenvalue weighted by atomic mass is 14.9. The van der Waals surface area contributed by atoms with Gasteiger partial charge < -0.3 is 5.32 Å². The van der Waals surface area contributed by atoms with E-state index in [1.807, 2.05) is 0 Å². The normalized spacial score (nSPS) is 40.8. The zero-order valence-electron chi connectivity index (χ0n) is 8.89. The van der Waals surface area contributed by atoms with Gasteiger partial charge in [0.2, 0.25) is 0 Å². The molecule has 76 valence electrons. The number of hydrogen-bond acceptors (Lipinski definition) is 1. The van der Waals surface area contributed by atoms with E-state index in [1.165, 1.54) is 51.6 Å². The van der Waals surface area contributed by atoms with Crippen molar-refractivity contribution in [2.75, 3.05) is 13.1 Å². The average molecular weight is 181 g/mol. The third kappa shape index (κ3) is 2.25. The second kappa shape index (κ2) is 4.45. The molecule has 1 N–H and O–H groups in total. The van der Waals surface area contributed by atoms with Crippen LogP contribution in [0, 0.1) is 17.8 Å². The maximum absolute atomic E-state index is 3.49. The van der Waals surface area contributed by atoms with Crippen molar-refractivity contribution in [2.45, 2.75) is 45.4 Å². The van der Waals surface area contributed by atoms with Crippen molar-refractivity contribution >= 4 is 0 Å². The minimum absolute atomic E-state index is 1.03. The highest BCUT2D eigenvalue weighted by Crippen LogP contribution is 2.36. The molecule has 0 amide bonds. The molecule has 1 aliphatic carbocycles. The first-order valence-electron chi connectivity index (χ1n) is 6.11. The molecule has 0 radical (unpaired) electrons. The summed E-state index contributed by atoms with van der Waals surface area (Å²) >= 11 is 0. The summed E-state index contributed by atoms with van der Waals surface area (Å²) in [4.78, 5) is 0. The molecule has 1 saturated heterocycles. The van der Waals surface area contributed by atoms with Crippen molar-refractivity contribution in [3.05, 3.63) is 0 Å². The summed E-state index contributed by atoms with van der Waals surface area (Å²) in [6, 6.07) is 0. The van der Waals surface area contributed by atoms with Crippen molar-refractivity contribution < 1.29 is 0 Å². The van der Waals surface area contributed by atoms with Crippen molar-refractivity contribution in [3.63, 3.8) is 0 Å². The zero-order valence-corrected chi connectivity index (χ0v) is 8.89. The van der Waals surface area contributed by atoms with Crippen molar-refractivity contribution in [3.8, 4) is 0 Å². The molecule has 0 aromatic carbocycles. The van der Waals surface area contributed by atoms with Crippen LogP contribution in [0.3, 0.4) is 0 Å². The molecule has 2 aliphatic rings. The predicted octanol–water partition coefficient (Wildman–Crippen LogP) is 2.81. The molecule has 13 heavy (non-hydrogen) atoms. The standard InChI is InChI=1S/C12H23N/c1-2-10-3-5-11(6-4-10)12-7-8-13-9-12/h10-13H,2-9H2,1H3. The van der Waals surface area contributed by atoms with Crippen molar-refractivity contribution in [1.29, 1.82) is 0 Å². The van der Waals surface area contributed by atoms with E-state index in [0.717, 1.165) is 17.8 Å². The van der Waals surface area contributed by atoms with Gasteiger partial charge in [0.1, 0.15) is 0 Å². The Hall–Kier alpha value is -0.0400. The molecule has 0 aromatic rings. The fourth-order valence-electron chi connectivity index (χ4n) is 3.15. The molecular formula is C12H23N. The molecule has 1 heterocycles. The van der Waals surface area contributed by atoms with Gasteiger partial charge in [0.25, 0.3) is 0 Å². The van der Waals surface area contributed by atoms with Crippen LogP contribution in [0.4, 0.5) is 0 Å². The largest absolute Gasteiger partial charge is 0.316 e. The minimum Gasteiger partial charge on any atom is -0.316 e. The van der Waals surface area contributed by atoms with Crippen LogP contribution >= 0.6 is 0 Å². The zero-order chi connectivity index (χ0) is 9.10. The highest BCUT2D eigenvalue weighted by Gasteiger charge is 2.28. The first-order chi connectivity index (χ1) is 6.40. The summed E-state index contributed by atoms with van der Waals surface area (Å²) in [5.74, 6) is 3.15. The van der Waals surface area contributed by atoms with Gasteiger partial charge in [-0.25, -0.2) is 0 Å². The van der Waals surface area contributed by atoms with Crippen LogP contribution in [0.2, 0.25) is 0 Å². The van der Waals surface area contributed by atoms with E-state index < -0.39 is 0 Å². The van der Waals surface area contributed by atoms with Gasteiger partial charge in [0.15, 0.2) is 0 Å². The lowest BCUT2D eigenvalue weighted by Gasteiger charge is -2.31. The lowest BCUT2D eigenvalue weighted by molar-refractivity contribution is 0.210. The fraction of sp³-hybridized carbons (Fsp3) is 1.00. The summed E-state index contributed by atoms with van der Waals surface area (Å²) < 4.78 is 0. The smallest absolute Gasteiger partial charge is 0.00174 e. The van der Waals surface area contributed by atoms with Gasteiger partial charge in [-0.3, -0.25) is 0 Å². The van der Waals surface area contributed by atoms with Crippen molar-refractivity contribution in [2.24, 2.45) is 17.8 Å². The van der Waals surface area contributed by atoms with Gasteiger partial charge in [0, 0.05) is 0 Å². The highest BCUT2D eigenvalue weighted by molar-refractivity contribution is 4.82. The molecule has 0 aromatic heterocycles. The van der Waals surface area contributed by atoms with Gasteiger partial charge >= 0.3 is 0 Å². The lowest BCUT2D eigenvalue weighted by atomic mass is 9.75. The predicted molar refractivity (Wildman–Crippen MR) is 56.7 cm³/mol. The average Bonchev–Trinajstić information content (AvgIpc) is 2.71. The Bertz CT molecular complexity index is 141. The second-order valence-electron chi connectivity index (χ2n) is 4.94. The minimum atomic E-state index is 1.03. The first-order valence-corrected chi connectivity index (χ1v) is 6.11. The van der Waals surface area contributed by atoms with E-state index in [0.29, 0.717) is 0 Å². The molecule has 2 rings (SSSR count). The topological polar surface area (TPSA) is 12.0 Å².